The van der Waals surface area contributed by atoms with E-state index in [9.17, 15) is 0 Å². The van der Waals surface area contributed by atoms with Crippen molar-refractivity contribution in [2.75, 3.05) is 5.73 Å². The van der Waals surface area contributed by atoms with Crippen molar-refractivity contribution in [3.05, 3.63) is 12.0 Å². The predicted molar refractivity (Wildman–Crippen MR) is 77.0 cm³/mol. The highest BCUT2D eigenvalue weighted by molar-refractivity contribution is 5.84. The largest absolute Gasteiger partial charge is 0.383 e. The maximum atomic E-state index is 5.96. The molecular formula is C14H21N5O. The Balaban J connectivity index is 1.72. The molecule has 20 heavy (non-hydrogen) atoms. The topological polar surface area (TPSA) is 78.9 Å². The Hall–Kier alpha value is -1.69. The Labute approximate surface area is 118 Å². The van der Waals surface area contributed by atoms with Crippen molar-refractivity contribution in [3.8, 4) is 0 Å². The van der Waals surface area contributed by atoms with Crippen LogP contribution in [0.2, 0.25) is 0 Å². The Bertz CT molecular complexity index is 587. The summed E-state index contributed by atoms with van der Waals surface area (Å²) >= 11 is 0. The molecule has 6 heteroatoms. The van der Waals surface area contributed by atoms with E-state index in [1.165, 1.54) is 25.7 Å². The van der Waals surface area contributed by atoms with Crippen molar-refractivity contribution in [3.63, 3.8) is 0 Å². The first-order valence-electron chi connectivity index (χ1n) is 7.30. The van der Waals surface area contributed by atoms with Crippen LogP contribution in [0, 0.1) is 0 Å². The molecule has 1 saturated carbocycles. The average Bonchev–Trinajstić information content (AvgIpc) is 2.66. The summed E-state index contributed by atoms with van der Waals surface area (Å²) < 4.78 is 7.67. The number of hydrogen-bond acceptors (Lipinski definition) is 5. The minimum Gasteiger partial charge on any atom is -0.383 e. The van der Waals surface area contributed by atoms with Gasteiger partial charge in [0, 0.05) is 7.05 Å². The summed E-state index contributed by atoms with van der Waals surface area (Å²) in [6.07, 6.45) is 9.48. The summed E-state index contributed by atoms with van der Waals surface area (Å²) in [6.45, 7) is 0.427. The summed E-state index contributed by atoms with van der Waals surface area (Å²) in [7, 11) is 1.85. The van der Waals surface area contributed by atoms with Gasteiger partial charge < -0.3 is 10.5 Å². The summed E-state index contributed by atoms with van der Waals surface area (Å²) in [5, 5.41) is 4.95. The second kappa shape index (κ2) is 5.75. The minimum absolute atomic E-state index is 0.338. The number of ether oxygens (including phenoxy) is 1. The highest BCUT2D eigenvalue weighted by Gasteiger charge is 2.14. The van der Waals surface area contributed by atoms with E-state index in [1.807, 2.05) is 7.05 Å². The van der Waals surface area contributed by atoms with Gasteiger partial charge in [0.2, 0.25) is 0 Å². The van der Waals surface area contributed by atoms with E-state index < -0.39 is 0 Å². The fourth-order valence-electron chi connectivity index (χ4n) is 2.76. The first-order chi connectivity index (χ1) is 9.74. The van der Waals surface area contributed by atoms with Gasteiger partial charge in [-0.15, -0.1) is 0 Å². The smallest absolute Gasteiger partial charge is 0.163 e. The van der Waals surface area contributed by atoms with Crippen molar-refractivity contribution in [1.82, 2.24) is 19.7 Å². The number of aromatic nitrogens is 4. The molecule has 0 amide bonds. The molecule has 2 aromatic rings. The van der Waals surface area contributed by atoms with Crippen LogP contribution in [-0.4, -0.2) is 25.9 Å². The van der Waals surface area contributed by atoms with E-state index in [-0.39, 0.29) is 0 Å². The zero-order valence-corrected chi connectivity index (χ0v) is 11.9. The molecule has 0 unspecified atom stereocenters. The molecule has 2 aromatic heterocycles. The van der Waals surface area contributed by atoms with Crippen LogP contribution in [0.4, 0.5) is 5.82 Å². The number of fused-ring (bicyclic) bond motifs is 1. The van der Waals surface area contributed by atoms with Crippen LogP contribution in [0.5, 0.6) is 0 Å². The van der Waals surface area contributed by atoms with Gasteiger partial charge in [-0.2, -0.15) is 5.10 Å². The molecule has 3 rings (SSSR count). The van der Waals surface area contributed by atoms with Crippen LogP contribution < -0.4 is 5.73 Å². The highest BCUT2D eigenvalue weighted by Crippen LogP contribution is 2.21. The van der Waals surface area contributed by atoms with Crippen molar-refractivity contribution in [2.45, 2.75) is 51.2 Å². The first kappa shape index (κ1) is 13.3. The third-order valence-corrected chi connectivity index (χ3v) is 3.92. The molecule has 1 aliphatic carbocycles. The fraction of sp³-hybridized carbons (Fsp3) is 0.643. The molecular weight excluding hydrogens is 254 g/mol. The van der Waals surface area contributed by atoms with E-state index in [2.05, 4.69) is 15.1 Å². The van der Waals surface area contributed by atoms with E-state index in [0.29, 0.717) is 24.4 Å². The van der Waals surface area contributed by atoms with Gasteiger partial charge in [0.15, 0.2) is 11.5 Å². The Morgan fingerprint density at radius 3 is 2.75 bits per heavy atom. The lowest BCUT2D eigenvalue weighted by Crippen LogP contribution is -2.13. The van der Waals surface area contributed by atoms with Crippen LogP contribution in [0.15, 0.2) is 6.20 Å². The van der Waals surface area contributed by atoms with Gasteiger partial charge in [0.1, 0.15) is 12.4 Å². The average molecular weight is 275 g/mol. The number of aryl methyl sites for hydroxylation is 1. The maximum Gasteiger partial charge on any atom is 0.163 e. The lowest BCUT2D eigenvalue weighted by Gasteiger charge is -2.14. The van der Waals surface area contributed by atoms with Gasteiger partial charge in [0.25, 0.3) is 0 Å². The first-order valence-corrected chi connectivity index (χ1v) is 7.30. The molecule has 108 valence electrons. The zero-order valence-electron chi connectivity index (χ0n) is 11.9. The molecule has 0 aromatic carbocycles. The molecule has 0 spiro atoms. The summed E-state index contributed by atoms with van der Waals surface area (Å²) in [4.78, 5) is 8.80. The SMILES string of the molecule is Cn1ncc2c(N)nc(COC3CCCCCC3)nc21. The number of hydrogen-bond donors (Lipinski definition) is 1. The molecule has 1 aliphatic rings. The number of anilines is 1. The normalized spacial score (nSPS) is 17.4. The number of nitrogen functional groups attached to an aromatic ring is 1. The molecule has 0 aliphatic heterocycles. The van der Waals surface area contributed by atoms with Crippen LogP contribution in [0.25, 0.3) is 11.0 Å². The van der Waals surface area contributed by atoms with Crippen LogP contribution >= 0.6 is 0 Å². The van der Waals surface area contributed by atoms with E-state index >= 15 is 0 Å². The lowest BCUT2D eigenvalue weighted by molar-refractivity contribution is 0.0275. The molecule has 0 atom stereocenters. The van der Waals surface area contributed by atoms with Gasteiger partial charge in [-0.3, -0.25) is 4.68 Å². The van der Waals surface area contributed by atoms with Gasteiger partial charge in [-0.05, 0) is 12.8 Å². The summed E-state index contributed by atoms with van der Waals surface area (Å²) in [6, 6.07) is 0. The number of nitrogens with zero attached hydrogens (tertiary/aromatic N) is 4. The second-order valence-electron chi connectivity index (χ2n) is 5.46. The van der Waals surface area contributed by atoms with E-state index in [4.69, 9.17) is 10.5 Å². The van der Waals surface area contributed by atoms with Gasteiger partial charge in [-0.1, -0.05) is 25.7 Å². The van der Waals surface area contributed by atoms with Crippen molar-refractivity contribution in [2.24, 2.45) is 7.05 Å². The highest BCUT2D eigenvalue weighted by atomic mass is 16.5. The van der Waals surface area contributed by atoms with Gasteiger partial charge in [0.05, 0.1) is 17.7 Å². The van der Waals surface area contributed by atoms with Gasteiger partial charge in [-0.25, -0.2) is 9.97 Å². The molecule has 1 fully saturated rings. The molecule has 6 nitrogen and oxygen atoms in total. The summed E-state index contributed by atoms with van der Waals surface area (Å²) in [5.74, 6) is 1.12. The number of rotatable bonds is 3. The molecule has 0 bridgehead atoms. The zero-order chi connectivity index (χ0) is 13.9. The minimum atomic E-state index is 0.338. The molecule has 0 radical (unpaired) electrons. The van der Waals surface area contributed by atoms with Crippen LogP contribution in [0.1, 0.15) is 44.3 Å². The number of nitrogens with two attached hydrogens (primary N) is 1. The fourth-order valence-corrected chi connectivity index (χ4v) is 2.76. The van der Waals surface area contributed by atoms with Crippen molar-refractivity contribution < 1.29 is 4.74 Å². The lowest BCUT2D eigenvalue weighted by atomic mass is 10.1. The maximum absolute atomic E-state index is 5.96. The monoisotopic (exact) mass is 275 g/mol. The van der Waals surface area contributed by atoms with Crippen LogP contribution in [0.3, 0.4) is 0 Å². The van der Waals surface area contributed by atoms with Crippen LogP contribution in [-0.2, 0) is 18.4 Å². The van der Waals surface area contributed by atoms with E-state index in [1.54, 1.807) is 10.9 Å². The van der Waals surface area contributed by atoms with Crippen molar-refractivity contribution in [1.29, 1.82) is 0 Å². The molecule has 2 heterocycles. The van der Waals surface area contributed by atoms with Gasteiger partial charge >= 0.3 is 0 Å². The summed E-state index contributed by atoms with van der Waals surface area (Å²) in [5.41, 5.74) is 6.71. The molecule has 0 saturated heterocycles. The predicted octanol–water partition coefficient (Wildman–Crippen LogP) is 2.18. The second-order valence-corrected chi connectivity index (χ2v) is 5.46. The third kappa shape index (κ3) is 2.75. The standard InChI is InChI=1S/C14H21N5O/c1-19-14-11(8-16-19)13(15)17-12(18-14)9-20-10-6-4-2-3-5-7-10/h8,10H,2-7,9H2,1H3,(H2,15,17,18). The Kier molecular flexibility index (Phi) is 3.82. The molecule has 2 N–H and O–H groups in total. The quantitative estimate of drug-likeness (QED) is 0.869. The van der Waals surface area contributed by atoms with E-state index in [0.717, 1.165) is 23.9 Å². The Morgan fingerprint density at radius 2 is 2.00 bits per heavy atom. The Morgan fingerprint density at radius 1 is 1.25 bits per heavy atom. The van der Waals surface area contributed by atoms with Crippen molar-refractivity contribution >= 4 is 16.9 Å². The third-order valence-electron chi connectivity index (χ3n) is 3.92.